The Kier molecular flexibility index (Phi) is 7.31. The molecule has 8 heteroatoms. The number of nitrogens with zero attached hydrogens (tertiary/aromatic N) is 3. The van der Waals surface area contributed by atoms with Crippen molar-refractivity contribution < 1.29 is 17.9 Å². The van der Waals surface area contributed by atoms with Crippen molar-refractivity contribution in [1.82, 2.24) is 4.90 Å². The fourth-order valence-electron chi connectivity index (χ4n) is 4.21. The number of carbonyl (C=O) groups excluding carboxylic acids is 1. The molecule has 1 heterocycles. The van der Waals surface area contributed by atoms with Gasteiger partial charge in [0.05, 0.1) is 17.7 Å². The van der Waals surface area contributed by atoms with Crippen LogP contribution in [0.5, 0.6) is 5.75 Å². The van der Waals surface area contributed by atoms with Crippen molar-refractivity contribution in [3.8, 4) is 5.75 Å². The topological polar surface area (TPSA) is 70.2 Å². The Hall–Kier alpha value is -3.52. The van der Waals surface area contributed by atoms with E-state index in [9.17, 15) is 13.2 Å². The zero-order chi connectivity index (χ0) is 25.0. The van der Waals surface area contributed by atoms with Crippen molar-refractivity contribution in [1.29, 1.82) is 0 Å². The molecule has 1 amide bonds. The molecular weight excluding hydrogens is 462 g/mol. The summed E-state index contributed by atoms with van der Waals surface area (Å²) >= 11 is 0. The summed E-state index contributed by atoms with van der Waals surface area (Å²) in [4.78, 5) is 17.5. The predicted molar refractivity (Wildman–Crippen MR) is 139 cm³/mol. The van der Waals surface area contributed by atoms with E-state index in [4.69, 9.17) is 4.74 Å². The lowest BCUT2D eigenvalue weighted by molar-refractivity contribution is -0.129. The van der Waals surface area contributed by atoms with E-state index in [0.29, 0.717) is 31.9 Å². The molecule has 0 aromatic heterocycles. The van der Waals surface area contributed by atoms with Gasteiger partial charge in [-0.25, -0.2) is 8.42 Å². The van der Waals surface area contributed by atoms with E-state index in [0.717, 1.165) is 22.6 Å². The predicted octanol–water partition coefficient (Wildman–Crippen LogP) is 3.86. The Morgan fingerprint density at radius 3 is 2.11 bits per heavy atom. The van der Waals surface area contributed by atoms with Crippen molar-refractivity contribution in [3.05, 3.63) is 83.9 Å². The third kappa shape index (κ3) is 5.43. The third-order valence-corrected chi connectivity index (χ3v) is 8.12. The van der Waals surface area contributed by atoms with Crippen LogP contribution in [-0.4, -0.2) is 59.1 Å². The second kappa shape index (κ2) is 10.4. The highest BCUT2D eigenvalue weighted by Crippen LogP contribution is 2.27. The SMILES string of the molecule is COc1ccc(N2CCN(C(=O)CN(c3ccccc3C)S(=O)(=O)c3ccc(C)cc3)CC2)cc1. The lowest BCUT2D eigenvalue weighted by Gasteiger charge is -2.37. The van der Waals surface area contributed by atoms with E-state index in [-0.39, 0.29) is 17.3 Å². The van der Waals surface area contributed by atoms with Gasteiger partial charge in [0.15, 0.2) is 0 Å². The lowest BCUT2D eigenvalue weighted by Crippen LogP contribution is -2.52. The number of hydrogen-bond acceptors (Lipinski definition) is 5. The van der Waals surface area contributed by atoms with Crippen LogP contribution in [0.25, 0.3) is 0 Å². The molecule has 7 nitrogen and oxygen atoms in total. The van der Waals surface area contributed by atoms with Gasteiger partial charge in [-0.15, -0.1) is 0 Å². The number of anilines is 2. The van der Waals surface area contributed by atoms with Crippen molar-refractivity contribution in [2.45, 2.75) is 18.7 Å². The summed E-state index contributed by atoms with van der Waals surface area (Å²) in [5.74, 6) is 0.590. The van der Waals surface area contributed by atoms with Crippen LogP contribution >= 0.6 is 0 Å². The minimum absolute atomic E-state index is 0.170. The van der Waals surface area contributed by atoms with Gasteiger partial charge in [-0.3, -0.25) is 9.10 Å². The van der Waals surface area contributed by atoms with Crippen LogP contribution < -0.4 is 13.9 Å². The average Bonchev–Trinajstić information content (AvgIpc) is 2.88. The average molecular weight is 494 g/mol. The molecular formula is C27H31N3O4S. The molecule has 35 heavy (non-hydrogen) atoms. The summed E-state index contributed by atoms with van der Waals surface area (Å²) in [6, 6.07) is 21.8. The number of benzene rings is 3. The first-order valence-corrected chi connectivity index (χ1v) is 13.1. The lowest BCUT2D eigenvalue weighted by atomic mass is 10.2. The smallest absolute Gasteiger partial charge is 0.264 e. The molecule has 4 rings (SSSR count). The highest BCUT2D eigenvalue weighted by molar-refractivity contribution is 7.92. The molecule has 0 spiro atoms. The van der Waals surface area contributed by atoms with Crippen LogP contribution in [0.1, 0.15) is 11.1 Å². The Bertz CT molecular complexity index is 1270. The van der Waals surface area contributed by atoms with Crippen LogP contribution in [0, 0.1) is 13.8 Å². The fraction of sp³-hybridized carbons (Fsp3) is 0.296. The maximum absolute atomic E-state index is 13.6. The summed E-state index contributed by atoms with van der Waals surface area (Å²) in [6.07, 6.45) is 0. The Morgan fingerprint density at radius 1 is 0.886 bits per heavy atom. The van der Waals surface area contributed by atoms with Crippen LogP contribution in [0.3, 0.4) is 0 Å². The molecule has 0 unspecified atom stereocenters. The maximum atomic E-state index is 13.6. The number of ether oxygens (including phenoxy) is 1. The minimum Gasteiger partial charge on any atom is -0.497 e. The molecule has 1 aliphatic rings. The molecule has 3 aromatic carbocycles. The summed E-state index contributed by atoms with van der Waals surface area (Å²) in [5.41, 5.74) is 3.34. The fourth-order valence-corrected chi connectivity index (χ4v) is 5.69. The van der Waals surface area contributed by atoms with Gasteiger partial charge in [-0.1, -0.05) is 35.9 Å². The molecule has 0 N–H and O–H groups in total. The van der Waals surface area contributed by atoms with Crippen LogP contribution in [0.2, 0.25) is 0 Å². The number of rotatable bonds is 7. The van der Waals surface area contributed by atoms with Gasteiger partial charge in [-0.2, -0.15) is 0 Å². The molecule has 0 saturated carbocycles. The van der Waals surface area contributed by atoms with Crippen LogP contribution in [-0.2, 0) is 14.8 Å². The summed E-state index contributed by atoms with van der Waals surface area (Å²) in [7, 11) is -2.29. The summed E-state index contributed by atoms with van der Waals surface area (Å²) in [6.45, 7) is 5.91. The zero-order valence-corrected chi connectivity index (χ0v) is 21.2. The van der Waals surface area contributed by atoms with Gasteiger partial charge in [0.2, 0.25) is 5.91 Å². The number of methoxy groups -OCH3 is 1. The van der Waals surface area contributed by atoms with Gasteiger partial charge in [0, 0.05) is 31.9 Å². The van der Waals surface area contributed by atoms with Crippen molar-refractivity contribution in [3.63, 3.8) is 0 Å². The molecule has 0 aliphatic carbocycles. The molecule has 1 saturated heterocycles. The molecule has 1 fully saturated rings. The Morgan fingerprint density at radius 2 is 1.51 bits per heavy atom. The van der Waals surface area contributed by atoms with Crippen LogP contribution in [0.15, 0.2) is 77.7 Å². The number of hydrogen-bond donors (Lipinski definition) is 0. The third-order valence-electron chi connectivity index (χ3n) is 6.34. The largest absolute Gasteiger partial charge is 0.497 e. The number of carbonyl (C=O) groups is 1. The van der Waals surface area contributed by atoms with Crippen molar-refractivity contribution in [2.24, 2.45) is 0 Å². The van der Waals surface area contributed by atoms with Crippen LogP contribution in [0.4, 0.5) is 11.4 Å². The quantitative estimate of drug-likeness (QED) is 0.500. The van der Waals surface area contributed by atoms with Gasteiger partial charge < -0.3 is 14.5 Å². The maximum Gasteiger partial charge on any atom is 0.264 e. The van der Waals surface area contributed by atoms with E-state index >= 15 is 0 Å². The van der Waals surface area contributed by atoms with Crippen molar-refractivity contribution in [2.75, 3.05) is 49.0 Å². The van der Waals surface area contributed by atoms with Gasteiger partial charge in [-0.05, 0) is 61.9 Å². The number of sulfonamides is 1. The Labute approximate surface area is 207 Å². The van der Waals surface area contributed by atoms with Crippen molar-refractivity contribution >= 4 is 27.3 Å². The first-order chi connectivity index (χ1) is 16.8. The summed E-state index contributed by atoms with van der Waals surface area (Å²) < 4.78 is 33.7. The number of amides is 1. The van der Waals surface area contributed by atoms with Gasteiger partial charge in [0.25, 0.3) is 10.0 Å². The normalized spacial score (nSPS) is 14.0. The Balaban J connectivity index is 1.52. The number of piperazine rings is 1. The van der Waals surface area contributed by atoms with E-state index in [1.807, 2.05) is 50.2 Å². The van der Waals surface area contributed by atoms with E-state index in [2.05, 4.69) is 4.90 Å². The monoisotopic (exact) mass is 493 g/mol. The molecule has 0 atom stereocenters. The highest BCUT2D eigenvalue weighted by Gasteiger charge is 2.31. The second-order valence-corrected chi connectivity index (χ2v) is 10.5. The molecule has 1 aliphatic heterocycles. The molecule has 0 bridgehead atoms. The molecule has 0 radical (unpaired) electrons. The van der Waals surface area contributed by atoms with E-state index in [1.165, 1.54) is 4.31 Å². The van der Waals surface area contributed by atoms with E-state index < -0.39 is 10.0 Å². The minimum atomic E-state index is -3.92. The number of para-hydroxylation sites is 1. The highest BCUT2D eigenvalue weighted by atomic mass is 32.2. The first-order valence-electron chi connectivity index (χ1n) is 11.6. The van der Waals surface area contributed by atoms with Gasteiger partial charge in [0.1, 0.15) is 12.3 Å². The number of aryl methyl sites for hydroxylation is 2. The van der Waals surface area contributed by atoms with Gasteiger partial charge >= 0.3 is 0 Å². The summed E-state index contributed by atoms with van der Waals surface area (Å²) in [5, 5.41) is 0. The second-order valence-electron chi connectivity index (χ2n) is 8.68. The first kappa shape index (κ1) is 24.6. The molecule has 184 valence electrons. The standard InChI is InChI=1S/C27H31N3O4S/c1-21-8-14-25(15-9-21)35(32,33)30(26-7-5-4-6-22(26)2)20-27(31)29-18-16-28(17-19-29)23-10-12-24(34-3)13-11-23/h4-15H,16-20H2,1-3H3. The zero-order valence-electron chi connectivity index (χ0n) is 20.3. The molecule has 3 aromatic rings. The van der Waals surface area contributed by atoms with E-state index in [1.54, 1.807) is 48.4 Å².